The van der Waals surface area contributed by atoms with Crippen molar-refractivity contribution in [3.05, 3.63) is 0 Å². The lowest BCUT2D eigenvalue weighted by Gasteiger charge is -2.14. The van der Waals surface area contributed by atoms with Crippen molar-refractivity contribution in [3.63, 3.8) is 0 Å². The molecular weight excluding hydrogens is 194 g/mol. The summed E-state index contributed by atoms with van der Waals surface area (Å²) in [4.78, 5) is 0. The van der Waals surface area contributed by atoms with Crippen molar-refractivity contribution in [2.75, 3.05) is 32.1 Å². The second kappa shape index (κ2) is 4.36. The van der Waals surface area contributed by atoms with Crippen LogP contribution in [0.5, 0.6) is 0 Å². The molecule has 1 saturated heterocycles. The van der Waals surface area contributed by atoms with Crippen LogP contribution < -0.4 is 0 Å². The molecule has 0 bridgehead atoms. The molecular formula is C7H15NO4S. The maximum Gasteiger partial charge on any atom is 0.216 e. The maximum absolute atomic E-state index is 11.4. The lowest BCUT2D eigenvalue weighted by Crippen LogP contribution is -2.32. The zero-order valence-corrected chi connectivity index (χ0v) is 8.20. The standard InChI is InChI=1S/C7H15NO4S/c9-3-4-13(11,12)8-2-1-7(5-8)6-10/h7,9-10H,1-6H2. The first-order valence-electron chi connectivity index (χ1n) is 4.29. The van der Waals surface area contributed by atoms with Crippen LogP contribution in [0.25, 0.3) is 0 Å². The number of rotatable bonds is 4. The Morgan fingerprint density at radius 3 is 2.54 bits per heavy atom. The van der Waals surface area contributed by atoms with E-state index < -0.39 is 10.0 Å². The molecule has 0 spiro atoms. The molecule has 1 heterocycles. The topological polar surface area (TPSA) is 77.8 Å². The summed E-state index contributed by atoms with van der Waals surface area (Å²) in [7, 11) is -3.28. The third kappa shape index (κ3) is 2.63. The minimum atomic E-state index is -3.28. The van der Waals surface area contributed by atoms with Crippen molar-refractivity contribution < 1.29 is 18.6 Å². The summed E-state index contributed by atoms with van der Waals surface area (Å²) in [6.45, 7) is 0.542. The fourth-order valence-corrected chi connectivity index (χ4v) is 2.75. The third-order valence-corrected chi connectivity index (χ3v) is 4.07. The molecule has 78 valence electrons. The zero-order valence-electron chi connectivity index (χ0n) is 7.39. The first kappa shape index (κ1) is 10.9. The van der Waals surface area contributed by atoms with Gasteiger partial charge in [-0.25, -0.2) is 12.7 Å². The summed E-state index contributed by atoms with van der Waals surface area (Å²) in [5.41, 5.74) is 0. The van der Waals surface area contributed by atoms with E-state index in [-0.39, 0.29) is 24.9 Å². The molecule has 1 unspecified atom stereocenters. The van der Waals surface area contributed by atoms with Crippen LogP contribution in [0.2, 0.25) is 0 Å². The van der Waals surface area contributed by atoms with Gasteiger partial charge in [0.2, 0.25) is 10.0 Å². The Bertz CT molecular complexity index is 251. The first-order valence-corrected chi connectivity index (χ1v) is 5.90. The van der Waals surface area contributed by atoms with E-state index in [2.05, 4.69) is 0 Å². The van der Waals surface area contributed by atoms with E-state index >= 15 is 0 Å². The van der Waals surface area contributed by atoms with Crippen LogP contribution in [0.3, 0.4) is 0 Å². The highest BCUT2D eigenvalue weighted by Gasteiger charge is 2.30. The van der Waals surface area contributed by atoms with E-state index in [4.69, 9.17) is 10.2 Å². The molecule has 2 N–H and O–H groups in total. The second-order valence-corrected chi connectivity index (χ2v) is 5.32. The monoisotopic (exact) mass is 209 g/mol. The van der Waals surface area contributed by atoms with Gasteiger partial charge >= 0.3 is 0 Å². The van der Waals surface area contributed by atoms with Crippen molar-refractivity contribution >= 4 is 10.0 Å². The summed E-state index contributed by atoms with van der Waals surface area (Å²) >= 11 is 0. The van der Waals surface area contributed by atoms with Gasteiger partial charge in [-0.2, -0.15) is 0 Å². The van der Waals surface area contributed by atoms with E-state index in [1.807, 2.05) is 0 Å². The summed E-state index contributed by atoms with van der Waals surface area (Å²) in [5.74, 6) is -0.154. The molecule has 0 aromatic carbocycles. The number of aliphatic hydroxyl groups is 2. The fourth-order valence-electron chi connectivity index (χ4n) is 1.44. The largest absolute Gasteiger partial charge is 0.396 e. The van der Waals surface area contributed by atoms with Gasteiger partial charge in [0.1, 0.15) is 0 Å². The average molecular weight is 209 g/mol. The Labute approximate surface area is 78.0 Å². The maximum atomic E-state index is 11.4. The van der Waals surface area contributed by atoms with Gasteiger partial charge in [-0.3, -0.25) is 0 Å². The lowest BCUT2D eigenvalue weighted by atomic mass is 10.1. The Morgan fingerprint density at radius 2 is 2.08 bits per heavy atom. The van der Waals surface area contributed by atoms with Crippen molar-refractivity contribution in [2.24, 2.45) is 5.92 Å². The van der Waals surface area contributed by atoms with Crippen molar-refractivity contribution in [1.29, 1.82) is 0 Å². The minimum Gasteiger partial charge on any atom is -0.396 e. The van der Waals surface area contributed by atoms with Gasteiger partial charge in [-0.15, -0.1) is 0 Å². The van der Waals surface area contributed by atoms with Crippen LogP contribution in [0.4, 0.5) is 0 Å². The quantitative estimate of drug-likeness (QED) is 0.598. The first-order chi connectivity index (χ1) is 6.10. The number of hydrogen-bond acceptors (Lipinski definition) is 4. The predicted molar refractivity (Wildman–Crippen MR) is 47.6 cm³/mol. The molecule has 0 amide bonds. The molecule has 0 saturated carbocycles. The lowest BCUT2D eigenvalue weighted by molar-refractivity contribution is 0.233. The van der Waals surface area contributed by atoms with Crippen molar-refractivity contribution in [1.82, 2.24) is 4.31 Å². The van der Waals surface area contributed by atoms with Crippen molar-refractivity contribution in [2.45, 2.75) is 6.42 Å². The van der Waals surface area contributed by atoms with Gasteiger partial charge in [-0.1, -0.05) is 0 Å². The smallest absolute Gasteiger partial charge is 0.216 e. The molecule has 0 radical (unpaired) electrons. The molecule has 1 aliphatic rings. The molecule has 1 aliphatic heterocycles. The normalized spacial score (nSPS) is 25.2. The molecule has 1 fully saturated rings. The number of hydrogen-bond donors (Lipinski definition) is 2. The van der Waals surface area contributed by atoms with Crippen LogP contribution in [-0.2, 0) is 10.0 Å². The fraction of sp³-hybridized carbons (Fsp3) is 1.00. The van der Waals surface area contributed by atoms with Crippen molar-refractivity contribution in [3.8, 4) is 0 Å². The van der Waals surface area contributed by atoms with Crippen LogP contribution in [0, 0.1) is 5.92 Å². The minimum absolute atomic E-state index is 0.0329. The molecule has 0 aromatic heterocycles. The van der Waals surface area contributed by atoms with Gasteiger partial charge in [0.15, 0.2) is 0 Å². The molecule has 6 heteroatoms. The summed E-state index contributed by atoms with van der Waals surface area (Å²) in [5, 5.41) is 17.3. The highest BCUT2D eigenvalue weighted by Crippen LogP contribution is 2.18. The Hall–Kier alpha value is -0.170. The van der Waals surface area contributed by atoms with E-state index in [0.29, 0.717) is 19.5 Å². The zero-order chi connectivity index (χ0) is 9.90. The molecule has 13 heavy (non-hydrogen) atoms. The van der Waals surface area contributed by atoms with Crippen LogP contribution in [-0.4, -0.2) is 55.0 Å². The number of sulfonamides is 1. The Balaban J connectivity index is 2.55. The molecule has 1 rings (SSSR count). The van der Waals surface area contributed by atoms with Gasteiger partial charge in [-0.05, 0) is 12.3 Å². The van der Waals surface area contributed by atoms with Gasteiger partial charge < -0.3 is 10.2 Å². The Kier molecular flexibility index (Phi) is 3.66. The third-order valence-electron chi connectivity index (χ3n) is 2.25. The van der Waals surface area contributed by atoms with E-state index in [9.17, 15) is 8.42 Å². The SMILES string of the molecule is O=S(=O)(CCO)N1CCC(CO)C1. The summed E-state index contributed by atoms with van der Waals surface area (Å²) in [6, 6.07) is 0. The highest BCUT2D eigenvalue weighted by molar-refractivity contribution is 7.89. The van der Waals surface area contributed by atoms with Gasteiger partial charge in [0.25, 0.3) is 0 Å². The van der Waals surface area contributed by atoms with E-state index in [1.54, 1.807) is 0 Å². The molecule has 1 atom stereocenters. The summed E-state index contributed by atoms with van der Waals surface area (Å²) in [6.07, 6.45) is 0.709. The molecule has 0 aliphatic carbocycles. The molecule has 5 nitrogen and oxygen atoms in total. The van der Waals surface area contributed by atoms with E-state index in [1.165, 1.54) is 4.31 Å². The van der Waals surface area contributed by atoms with Gasteiger partial charge in [0.05, 0.1) is 12.4 Å². The van der Waals surface area contributed by atoms with Crippen LogP contribution in [0.15, 0.2) is 0 Å². The molecule has 0 aromatic rings. The Morgan fingerprint density at radius 1 is 1.38 bits per heavy atom. The van der Waals surface area contributed by atoms with E-state index in [0.717, 1.165) is 0 Å². The number of aliphatic hydroxyl groups excluding tert-OH is 2. The summed E-state index contributed by atoms with van der Waals surface area (Å²) < 4.78 is 24.1. The number of nitrogens with zero attached hydrogens (tertiary/aromatic N) is 1. The average Bonchev–Trinajstić information content (AvgIpc) is 2.52. The second-order valence-electron chi connectivity index (χ2n) is 3.23. The van der Waals surface area contributed by atoms with Gasteiger partial charge in [0, 0.05) is 19.7 Å². The van der Waals surface area contributed by atoms with Crippen LogP contribution >= 0.6 is 0 Å². The predicted octanol–water partition coefficient (Wildman–Crippen LogP) is -1.38. The van der Waals surface area contributed by atoms with Crippen LogP contribution in [0.1, 0.15) is 6.42 Å². The highest BCUT2D eigenvalue weighted by atomic mass is 32.2.